The summed E-state index contributed by atoms with van der Waals surface area (Å²) < 4.78 is 2.51. The fourth-order valence-corrected chi connectivity index (χ4v) is 4.03. The van der Waals surface area contributed by atoms with Crippen LogP contribution in [0.4, 0.5) is 11.5 Å². The van der Waals surface area contributed by atoms with Gasteiger partial charge >= 0.3 is 5.69 Å². The Kier molecular flexibility index (Phi) is 5.08. The summed E-state index contributed by atoms with van der Waals surface area (Å²) in [6, 6.07) is 7.53. The van der Waals surface area contributed by atoms with Crippen LogP contribution in [0, 0.1) is 13.8 Å². The Morgan fingerprint density at radius 2 is 1.96 bits per heavy atom. The number of amides is 1. The highest BCUT2D eigenvalue weighted by molar-refractivity contribution is 7.99. The molecule has 1 aliphatic heterocycles. The molecule has 8 nitrogen and oxygen atoms in total. The molecule has 2 aromatic heterocycles. The molecule has 3 heterocycles. The van der Waals surface area contributed by atoms with Crippen LogP contribution in [-0.4, -0.2) is 49.7 Å². The second-order valence-corrected chi connectivity index (χ2v) is 8.07. The number of fused-ring (bicyclic) bond motifs is 1. The molecule has 1 N–H and O–H groups in total. The Morgan fingerprint density at radius 1 is 1.18 bits per heavy atom. The summed E-state index contributed by atoms with van der Waals surface area (Å²) in [5.41, 5.74) is 2.58. The van der Waals surface area contributed by atoms with Gasteiger partial charge in [0, 0.05) is 36.5 Å². The monoisotopic (exact) mass is 398 g/mol. The van der Waals surface area contributed by atoms with E-state index in [0.29, 0.717) is 11.5 Å². The number of aryl methyl sites for hydroxylation is 2. The standard InChI is InChI=1S/C19H22N6O2S/c1-13-3-4-15(11-14(13)2)20-17(26)12-25-19(27)24-6-5-16(21-18(24)22-25)23-7-9-28-10-8-23/h3-6,11H,7-10,12H2,1-2H3,(H,20,26). The van der Waals surface area contributed by atoms with Crippen LogP contribution in [0.2, 0.25) is 0 Å². The van der Waals surface area contributed by atoms with E-state index in [1.54, 1.807) is 6.20 Å². The molecule has 0 bridgehead atoms. The molecule has 1 saturated heterocycles. The first-order valence-electron chi connectivity index (χ1n) is 9.17. The lowest BCUT2D eigenvalue weighted by Crippen LogP contribution is -2.33. The number of carbonyl (C=O) groups excluding carboxylic acids is 1. The number of nitrogens with zero attached hydrogens (tertiary/aromatic N) is 5. The topological polar surface area (TPSA) is 84.5 Å². The normalized spacial score (nSPS) is 14.4. The number of carbonyl (C=O) groups is 1. The van der Waals surface area contributed by atoms with E-state index >= 15 is 0 Å². The zero-order valence-corrected chi connectivity index (χ0v) is 16.7. The van der Waals surface area contributed by atoms with E-state index in [9.17, 15) is 9.59 Å². The zero-order valence-electron chi connectivity index (χ0n) is 15.9. The maximum absolute atomic E-state index is 12.5. The van der Waals surface area contributed by atoms with Crippen molar-refractivity contribution in [3.05, 3.63) is 52.1 Å². The first-order chi connectivity index (χ1) is 13.5. The number of hydrogen-bond acceptors (Lipinski definition) is 6. The number of thioether (sulfide) groups is 1. The fourth-order valence-electron chi connectivity index (χ4n) is 3.12. The maximum atomic E-state index is 12.5. The minimum absolute atomic E-state index is 0.162. The molecule has 0 aliphatic carbocycles. The van der Waals surface area contributed by atoms with Crippen molar-refractivity contribution in [2.45, 2.75) is 20.4 Å². The highest BCUT2D eigenvalue weighted by Gasteiger charge is 2.16. The average Bonchev–Trinajstić information content (AvgIpc) is 3.00. The van der Waals surface area contributed by atoms with Crippen LogP contribution in [0.3, 0.4) is 0 Å². The van der Waals surface area contributed by atoms with Crippen LogP contribution >= 0.6 is 11.8 Å². The summed E-state index contributed by atoms with van der Waals surface area (Å²) >= 11 is 1.92. The van der Waals surface area contributed by atoms with Crippen LogP contribution in [-0.2, 0) is 11.3 Å². The molecule has 0 spiro atoms. The van der Waals surface area contributed by atoms with E-state index < -0.39 is 0 Å². The summed E-state index contributed by atoms with van der Waals surface area (Å²) in [4.78, 5) is 31.6. The van der Waals surface area contributed by atoms with Gasteiger partial charge in [0.2, 0.25) is 5.91 Å². The quantitative estimate of drug-likeness (QED) is 0.720. The minimum atomic E-state index is -0.376. The van der Waals surface area contributed by atoms with Gasteiger partial charge < -0.3 is 10.2 Å². The molecule has 1 fully saturated rings. The Labute approximate surface area is 166 Å². The van der Waals surface area contributed by atoms with Crippen molar-refractivity contribution >= 4 is 35.0 Å². The van der Waals surface area contributed by atoms with Gasteiger partial charge in [-0.15, -0.1) is 5.10 Å². The number of benzene rings is 1. The molecule has 9 heteroatoms. The van der Waals surface area contributed by atoms with Gasteiger partial charge in [-0.3, -0.25) is 4.79 Å². The predicted octanol–water partition coefficient (Wildman–Crippen LogP) is 1.70. The van der Waals surface area contributed by atoms with Gasteiger partial charge in [-0.05, 0) is 43.2 Å². The fraction of sp³-hybridized carbons (Fsp3) is 0.368. The van der Waals surface area contributed by atoms with E-state index in [0.717, 1.165) is 46.2 Å². The summed E-state index contributed by atoms with van der Waals surface area (Å²) in [6.45, 7) is 5.70. The Bertz CT molecular complexity index is 1080. The first kappa shape index (κ1) is 18.5. The Morgan fingerprint density at radius 3 is 2.71 bits per heavy atom. The van der Waals surface area contributed by atoms with E-state index in [1.165, 1.54) is 4.40 Å². The smallest absolute Gasteiger partial charge is 0.352 e. The number of nitrogens with one attached hydrogen (secondary N) is 1. The molecule has 1 amide bonds. The summed E-state index contributed by atoms with van der Waals surface area (Å²) in [7, 11) is 0. The van der Waals surface area contributed by atoms with E-state index in [4.69, 9.17) is 0 Å². The molecule has 4 rings (SSSR count). The molecule has 0 saturated carbocycles. The van der Waals surface area contributed by atoms with Crippen molar-refractivity contribution in [3.8, 4) is 0 Å². The number of rotatable bonds is 4. The van der Waals surface area contributed by atoms with Gasteiger partial charge in [-0.1, -0.05) is 6.07 Å². The van der Waals surface area contributed by atoms with Gasteiger partial charge in [-0.25, -0.2) is 13.9 Å². The Balaban J connectivity index is 1.53. The number of anilines is 2. The van der Waals surface area contributed by atoms with E-state index in [1.807, 2.05) is 49.9 Å². The Hall–Kier alpha value is -2.81. The van der Waals surface area contributed by atoms with Crippen molar-refractivity contribution < 1.29 is 4.79 Å². The third-order valence-corrected chi connectivity index (χ3v) is 5.80. The van der Waals surface area contributed by atoms with Crippen LogP contribution in [0.1, 0.15) is 11.1 Å². The van der Waals surface area contributed by atoms with Crippen molar-refractivity contribution in [1.29, 1.82) is 0 Å². The predicted molar refractivity (Wildman–Crippen MR) is 111 cm³/mol. The number of aromatic nitrogens is 4. The molecule has 0 atom stereocenters. The van der Waals surface area contributed by atoms with Crippen molar-refractivity contribution in [1.82, 2.24) is 19.2 Å². The lowest BCUT2D eigenvalue weighted by molar-refractivity contribution is -0.117. The molecule has 3 aromatic rings. The SMILES string of the molecule is Cc1ccc(NC(=O)Cn2nc3nc(N4CCSCC4)ccn3c2=O)cc1C. The molecule has 146 valence electrons. The highest BCUT2D eigenvalue weighted by Crippen LogP contribution is 2.17. The van der Waals surface area contributed by atoms with Crippen molar-refractivity contribution in [2.75, 3.05) is 34.8 Å². The van der Waals surface area contributed by atoms with Gasteiger partial charge in [0.15, 0.2) is 0 Å². The second-order valence-electron chi connectivity index (χ2n) is 6.84. The van der Waals surface area contributed by atoms with E-state index in [2.05, 4.69) is 20.3 Å². The minimum Gasteiger partial charge on any atom is -0.355 e. The van der Waals surface area contributed by atoms with Gasteiger partial charge in [0.1, 0.15) is 12.4 Å². The van der Waals surface area contributed by atoms with Crippen LogP contribution in [0.5, 0.6) is 0 Å². The maximum Gasteiger partial charge on any atom is 0.352 e. The van der Waals surface area contributed by atoms with Crippen LogP contribution in [0.15, 0.2) is 35.3 Å². The molecule has 1 aliphatic rings. The molecule has 0 radical (unpaired) electrons. The van der Waals surface area contributed by atoms with E-state index in [-0.39, 0.29) is 18.1 Å². The lowest BCUT2D eigenvalue weighted by atomic mass is 10.1. The average molecular weight is 398 g/mol. The van der Waals surface area contributed by atoms with Gasteiger partial charge in [0.25, 0.3) is 5.78 Å². The first-order valence-corrected chi connectivity index (χ1v) is 10.3. The molecular weight excluding hydrogens is 376 g/mol. The third kappa shape index (κ3) is 3.75. The molecular formula is C19H22N6O2S. The largest absolute Gasteiger partial charge is 0.355 e. The highest BCUT2D eigenvalue weighted by atomic mass is 32.2. The van der Waals surface area contributed by atoms with Gasteiger partial charge in [-0.2, -0.15) is 16.7 Å². The molecule has 1 aromatic carbocycles. The van der Waals surface area contributed by atoms with Crippen molar-refractivity contribution in [3.63, 3.8) is 0 Å². The second kappa shape index (κ2) is 7.67. The molecule has 0 unspecified atom stereocenters. The summed E-state index contributed by atoms with van der Waals surface area (Å²) in [6.07, 6.45) is 1.67. The summed E-state index contributed by atoms with van der Waals surface area (Å²) in [5, 5.41) is 7.06. The number of hydrogen-bond donors (Lipinski definition) is 1. The van der Waals surface area contributed by atoms with Gasteiger partial charge in [0.05, 0.1) is 0 Å². The van der Waals surface area contributed by atoms with Crippen LogP contribution < -0.4 is 15.9 Å². The molecule has 28 heavy (non-hydrogen) atoms. The zero-order chi connectivity index (χ0) is 19.7. The summed E-state index contributed by atoms with van der Waals surface area (Å²) in [5.74, 6) is 2.94. The van der Waals surface area contributed by atoms with Crippen molar-refractivity contribution in [2.24, 2.45) is 0 Å². The lowest BCUT2D eigenvalue weighted by Gasteiger charge is -2.27. The third-order valence-electron chi connectivity index (χ3n) is 4.86. The van der Waals surface area contributed by atoms with Crippen LogP contribution in [0.25, 0.3) is 5.78 Å².